The number of aromatic nitrogens is 1. The molecule has 0 spiro atoms. The van der Waals surface area contributed by atoms with Crippen LogP contribution in [0.2, 0.25) is 0 Å². The summed E-state index contributed by atoms with van der Waals surface area (Å²) in [6.45, 7) is 1.52. The van der Waals surface area contributed by atoms with E-state index < -0.39 is 0 Å². The van der Waals surface area contributed by atoms with Crippen molar-refractivity contribution in [1.82, 2.24) is 4.98 Å². The quantitative estimate of drug-likeness (QED) is 0.794. The van der Waals surface area contributed by atoms with Gasteiger partial charge in [0, 0.05) is 31.1 Å². The van der Waals surface area contributed by atoms with Crippen LogP contribution in [-0.2, 0) is 0 Å². The molecule has 94 valence electrons. The summed E-state index contributed by atoms with van der Waals surface area (Å²) in [5.74, 6) is 0.777. The molecule has 4 nitrogen and oxygen atoms in total. The number of thiazole rings is 1. The molecule has 0 aliphatic heterocycles. The fourth-order valence-electron chi connectivity index (χ4n) is 1.51. The van der Waals surface area contributed by atoms with Crippen LogP contribution in [0.15, 0.2) is 29.6 Å². The highest BCUT2D eigenvalue weighted by atomic mass is 32.1. The predicted octanol–water partition coefficient (Wildman–Crippen LogP) is 3.12. The number of carbonyl (C=O) groups excluding carboxylic acids is 1. The highest BCUT2D eigenvalue weighted by Gasteiger charge is 2.11. The van der Waals surface area contributed by atoms with Gasteiger partial charge in [0.2, 0.25) is 0 Å². The summed E-state index contributed by atoms with van der Waals surface area (Å²) in [7, 11) is 3.55. The number of benzene rings is 1. The van der Waals surface area contributed by atoms with Gasteiger partial charge in [0.15, 0.2) is 10.9 Å². The van der Waals surface area contributed by atoms with E-state index in [2.05, 4.69) is 4.98 Å². The van der Waals surface area contributed by atoms with E-state index >= 15 is 0 Å². The normalized spacial score (nSPS) is 10.2. The summed E-state index contributed by atoms with van der Waals surface area (Å²) in [5, 5.41) is 2.56. The zero-order chi connectivity index (χ0) is 13.1. The highest BCUT2D eigenvalue weighted by Crippen LogP contribution is 2.29. The first-order valence-electron chi connectivity index (χ1n) is 5.46. The second kappa shape index (κ2) is 5.18. The van der Waals surface area contributed by atoms with Gasteiger partial charge in [0.1, 0.15) is 11.4 Å². The fraction of sp³-hybridized carbons (Fsp3) is 0.231. The molecule has 0 saturated heterocycles. The monoisotopic (exact) mass is 262 g/mol. The van der Waals surface area contributed by atoms with Crippen molar-refractivity contribution in [2.75, 3.05) is 19.1 Å². The van der Waals surface area contributed by atoms with Crippen LogP contribution in [0.5, 0.6) is 5.75 Å². The standard InChI is InChI=1S/C13H14N2O2S/c1-9(16)12-8-18-13(14-12)15(2)10-5-4-6-11(7-10)17-3/h4-8H,1-3H3. The Morgan fingerprint density at radius 1 is 1.44 bits per heavy atom. The van der Waals surface area contributed by atoms with Crippen molar-refractivity contribution in [2.45, 2.75) is 6.92 Å². The van der Waals surface area contributed by atoms with Crippen molar-refractivity contribution in [3.05, 3.63) is 35.3 Å². The van der Waals surface area contributed by atoms with Crippen molar-refractivity contribution in [3.63, 3.8) is 0 Å². The van der Waals surface area contributed by atoms with Crippen molar-refractivity contribution in [1.29, 1.82) is 0 Å². The molecule has 0 unspecified atom stereocenters. The molecular weight excluding hydrogens is 248 g/mol. The lowest BCUT2D eigenvalue weighted by Crippen LogP contribution is -2.09. The number of anilines is 2. The Balaban J connectivity index is 2.28. The second-order valence-corrected chi connectivity index (χ2v) is 4.67. The molecule has 1 aromatic carbocycles. The molecule has 0 saturated carbocycles. The van der Waals surface area contributed by atoms with Crippen molar-refractivity contribution in [3.8, 4) is 5.75 Å². The summed E-state index contributed by atoms with van der Waals surface area (Å²) in [4.78, 5) is 17.4. The number of hydrogen-bond donors (Lipinski definition) is 0. The summed E-state index contributed by atoms with van der Waals surface area (Å²) < 4.78 is 5.19. The van der Waals surface area contributed by atoms with E-state index in [1.165, 1.54) is 18.3 Å². The third-order valence-electron chi connectivity index (χ3n) is 2.58. The molecule has 0 atom stereocenters. The summed E-state index contributed by atoms with van der Waals surface area (Å²) in [6.07, 6.45) is 0. The van der Waals surface area contributed by atoms with Gasteiger partial charge in [-0.15, -0.1) is 11.3 Å². The average molecular weight is 262 g/mol. The van der Waals surface area contributed by atoms with Crippen LogP contribution < -0.4 is 9.64 Å². The maximum absolute atomic E-state index is 11.2. The minimum atomic E-state index is -0.0171. The molecule has 1 heterocycles. The summed E-state index contributed by atoms with van der Waals surface area (Å²) in [6, 6.07) is 7.70. The first-order chi connectivity index (χ1) is 8.61. The number of nitrogens with zero attached hydrogens (tertiary/aromatic N) is 2. The number of hydrogen-bond acceptors (Lipinski definition) is 5. The Kier molecular flexibility index (Phi) is 3.62. The lowest BCUT2D eigenvalue weighted by molar-refractivity contribution is 0.101. The molecule has 0 bridgehead atoms. The van der Waals surface area contributed by atoms with Crippen LogP contribution in [0.25, 0.3) is 0 Å². The molecule has 0 fully saturated rings. The van der Waals surface area contributed by atoms with Crippen molar-refractivity contribution in [2.24, 2.45) is 0 Å². The Bertz CT molecular complexity index is 566. The van der Waals surface area contributed by atoms with E-state index in [-0.39, 0.29) is 5.78 Å². The number of ether oxygens (including phenoxy) is 1. The number of carbonyl (C=O) groups is 1. The Morgan fingerprint density at radius 3 is 2.83 bits per heavy atom. The van der Waals surface area contributed by atoms with Crippen LogP contribution in [0.1, 0.15) is 17.4 Å². The molecule has 1 aromatic heterocycles. The Morgan fingerprint density at radius 2 is 2.22 bits per heavy atom. The van der Waals surface area contributed by atoms with Gasteiger partial charge in [-0.1, -0.05) is 6.07 Å². The molecule has 0 aliphatic rings. The lowest BCUT2D eigenvalue weighted by atomic mass is 10.3. The van der Waals surface area contributed by atoms with Crippen LogP contribution in [-0.4, -0.2) is 24.9 Å². The maximum Gasteiger partial charge on any atom is 0.190 e. The Hall–Kier alpha value is -1.88. The van der Waals surface area contributed by atoms with E-state index in [1.807, 2.05) is 36.2 Å². The van der Waals surface area contributed by atoms with Gasteiger partial charge in [-0.05, 0) is 12.1 Å². The molecule has 0 aliphatic carbocycles. The van der Waals surface area contributed by atoms with Crippen molar-refractivity contribution >= 4 is 27.9 Å². The largest absolute Gasteiger partial charge is 0.497 e. The van der Waals surface area contributed by atoms with Gasteiger partial charge >= 0.3 is 0 Å². The second-order valence-electron chi connectivity index (χ2n) is 3.83. The van der Waals surface area contributed by atoms with Crippen molar-refractivity contribution < 1.29 is 9.53 Å². The number of ketones is 1. The third-order valence-corrected chi connectivity index (χ3v) is 3.50. The fourth-order valence-corrected chi connectivity index (χ4v) is 2.36. The zero-order valence-electron chi connectivity index (χ0n) is 10.5. The summed E-state index contributed by atoms with van der Waals surface area (Å²) in [5.41, 5.74) is 1.48. The maximum atomic E-state index is 11.2. The first kappa shape index (κ1) is 12.6. The average Bonchev–Trinajstić information content (AvgIpc) is 2.87. The van der Waals surface area contributed by atoms with E-state index in [0.717, 1.165) is 16.6 Å². The highest BCUT2D eigenvalue weighted by molar-refractivity contribution is 7.14. The minimum absolute atomic E-state index is 0.0171. The van der Waals surface area contributed by atoms with Gasteiger partial charge in [0.25, 0.3) is 0 Å². The molecule has 0 radical (unpaired) electrons. The van der Waals surface area contributed by atoms with Gasteiger partial charge in [-0.2, -0.15) is 0 Å². The van der Waals surface area contributed by atoms with E-state index in [1.54, 1.807) is 12.5 Å². The van der Waals surface area contributed by atoms with E-state index in [4.69, 9.17) is 4.74 Å². The SMILES string of the molecule is COc1cccc(N(C)c2nc(C(C)=O)cs2)c1. The van der Waals surface area contributed by atoms with Crippen LogP contribution in [0, 0.1) is 0 Å². The van der Waals surface area contributed by atoms with Crippen LogP contribution in [0.3, 0.4) is 0 Å². The van der Waals surface area contributed by atoms with Gasteiger partial charge < -0.3 is 9.64 Å². The van der Waals surface area contributed by atoms with Gasteiger partial charge in [0.05, 0.1) is 7.11 Å². The Labute approximate surface area is 110 Å². The molecule has 2 rings (SSSR count). The van der Waals surface area contributed by atoms with Crippen LogP contribution in [0.4, 0.5) is 10.8 Å². The molecule has 5 heteroatoms. The predicted molar refractivity (Wildman–Crippen MR) is 73.2 cm³/mol. The first-order valence-corrected chi connectivity index (χ1v) is 6.34. The smallest absolute Gasteiger partial charge is 0.190 e. The molecular formula is C13H14N2O2S. The van der Waals surface area contributed by atoms with Gasteiger partial charge in [-0.3, -0.25) is 4.79 Å². The molecule has 0 N–H and O–H groups in total. The molecule has 0 amide bonds. The van der Waals surface area contributed by atoms with E-state index in [0.29, 0.717) is 5.69 Å². The topological polar surface area (TPSA) is 42.4 Å². The van der Waals surface area contributed by atoms with Crippen LogP contribution >= 0.6 is 11.3 Å². The number of Topliss-reactive ketones (excluding diaryl/α,β-unsaturated/α-hetero) is 1. The minimum Gasteiger partial charge on any atom is -0.497 e. The number of methoxy groups -OCH3 is 1. The lowest BCUT2D eigenvalue weighted by Gasteiger charge is -2.16. The van der Waals surface area contributed by atoms with Gasteiger partial charge in [-0.25, -0.2) is 4.98 Å². The summed E-state index contributed by atoms with van der Waals surface area (Å²) >= 11 is 1.45. The molecule has 18 heavy (non-hydrogen) atoms. The van der Waals surface area contributed by atoms with E-state index in [9.17, 15) is 4.79 Å². The molecule has 2 aromatic rings. The zero-order valence-corrected chi connectivity index (χ0v) is 11.3. The third kappa shape index (κ3) is 2.51. The number of rotatable bonds is 4.